The zero-order valence-corrected chi connectivity index (χ0v) is 10.6. The van der Waals surface area contributed by atoms with Crippen molar-refractivity contribution in [3.8, 4) is 22.6 Å². The molecule has 0 saturated carbocycles. The lowest BCUT2D eigenvalue weighted by molar-refractivity contribution is 0.0697. The molecule has 0 unspecified atom stereocenters. The van der Waals surface area contributed by atoms with Gasteiger partial charge in [-0.1, -0.05) is 0 Å². The quantitative estimate of drug-likeness (QED) is 0.913. The second kappa shape index (κ2) is 5.39. The maximum atomic E-state index is 11.2. The predicted molar refractivity (Wildman–Crippen MR) is 69.7 cm³/mol. The van der Waals surface area contributed by atoms with E-state index < -0.39 is 5.97 Å². The summed E-state index contributed by atoms with van der Waals surface area (Å²) in [6.07, 6.45) is 2.86. The number of carboxylic acids is 1. The highest BCUT2D eigenvalue weighted by atomic mass is 16.5. The molecule has 0 aliphatic rings. The van der Waals surface area contributed by atoms with Crippen molar-refractivity contribution in [2.45, 2.75) is 0 Å². The van der Waals surface area contributed by atoms with Crippen molar-refractivity contribution < 1.29 is 19.4 Å². The van der Waals surface area contributed by atoms with Gasteiger partial charge in [0.25, 0.3) is 0 Å². The lowest BCUT2D eigenvalue weighted by atomic mass is 10.0. The summed E-state index contributed by atoms with van der Waals surface area (Å²) < 4.78 is 10.4. The standard InChI is InChI=1S/C14H13NO4/c1-18-9-3-4-13(19-2)11(7-9)10-5-6-15-8-12(10)14(16)17/h3-8H,1-2H3,(H,16,17). The Morgan fingerprint density at radius 3 is 2.58 bits per heavy atom. The van der Waals surface area contributed by atoms with E-state index in [2.05, 4.69) is 4.98 Å². The van der Waals surface area contributed by atoms with Crippen LogP contribution >= 0.6 is 0 Å². The van der Waals surface area contributed by atoms with Gasteiger partial charge in [-0.2, -0.15) is 0 Å². The number of nitrogens with zero attached hydrogens (tertiary/aromatic N) is 1. The van der Waals surface area contributed by atoms with E-state index in [9.17, 15) is 9.90 Å². The Labute approximate surface area is 110 Å². The Morgan fingerprint density at radius 2 is 1.95 bits per heavy atom. The number of methoxy groups -OCH3 is 2. The summed E-state index contributed by atoms with van der Waals surface area (Å²) >= 11 is 0. The Morgan fingerprint density at radius 1 is 1.16 bits per heavy atom. The molecule has 0 radical (unpaired) electrons. The van der Waals surface area contributed by atoms with E-state index in [1.807, 2.05) is 0 Å². The molecule has 1 aromatic heterocycles. The van der Waals surface area contributed by atoms with E-state index in [4.69, 9.17) is 9.47 Å². The molecule has 0 spiro atoms. The molecule has 0 aliphatic heterocycles. The van der Waals surface area contributed by atoms with Crippen molar-refractivity contribution in [3.63, 3.8) is 0 Å². The number of pyridine rings is 1. The fourth-order valence-corrected chi connectivity index (χ4v) is 1.82. The van der Waals surface area contributed by atoms with Crippen molar-refractivity contribution in [2.75, 3.05) is 14.2 Å². The molecule has 0 fully saturated rings. The van der Waals surface area contributed by atoms with Crippen LogP contribution in [-0.2, 0) is 0 Å². The van der Waals surface area contributed by atoms with Crippen LogP contribution in [0.2, 0.25) is 0 Å². The highest BCUT2D eigenvalue weighted by Crippen LogP contribution is 2.34. The van der Waals surface area contributed by atoms with Gasteiger partial charge in [-0.25, -0.2) is 4.79 Å². The monoisotopic (exact) mass is 259 g/mol. The van der Waals surface area contributed by atoms with Crippen LogP contribution in [-0.4, -0.2) is 30.3 Å². The molecule has 0 atom stereocenters. The summed E-state index contributed by atoms with van der Waals surface area (Å²) in [6, 6.07) is 6.87. The van der Waals surface area contributed by atoms with Gasteiger partial charge in [-0.15, -0.1) is 0 Å². The highest BCUT2D eigenvalue weighted by Gasteiger charge is 2.15. The van der Waals surface area contributed by atoms with Gasteiger partial charge in [-0.05, 0) is 24.3 Å². The minimum Gasteiger partial charge on any atom is -0.497 e. The van der Waals surface area contributed by atoms with Crippen LogP contribution in [0, 0.1) is 0 Å². The van der Waals surface area contributed by atoms with Crippen LogP contribution in [0.25, 0.3) is 11.1 Å². The number of ether oxygens (including phenoxy) is 2. The summed E-state index contributed by atoms with van der Waals surface area (Å²) in [7, 11) is 3.09. The Kier molecular flexibility index (Phi) is 3.66. The van der Waals surface area contributed by atoms with Gasteiger partial charge >= 0.3 is 5.97 Å². The minimum absolute atomic E-state index is 0.119. The molecule has 2 aromatic rings. The van der Waals surface area contributed by atoms with Crippen molar-refractivity contribution in [1.29, 1.82) is 0 Å². The molecule has 0 amide bonds. The van der Waals surface area contributed by atoms with E-state index >= 15 is 0 Å². The van der Waals surface area contributed by atoms with Crippen molar-refractivity contribution >= 4 is 5.97 Å². The molecule has 0 saturated heterocycles. The first-order valence-corrected chi connectivity index (χ1v) is 5.57. The van der Waals surface area contributed by atoms with Gasteiger partial charge in [0.05, 0.1) is 19.8 Å². The SMILES string of the molecule is COc1ccc(OC)c(-c2ccncc2C(=O)O)c1. The molecular weight excluding hydrogens is 246 g/mol. The molecule has 5 heteroatoms. The minimum atomic E-state index is -1.03. The number of hydrogen-bond donors (Lipinski definition) is 1. The second-order valence-electron chi connectivity index (χ2n) is 3.79. The first-order chi connectivity index (χ1) is 9.17. The van der Waals surface area contributed by atoms with E-state index in [0.29, 0.717) is 22.6 Å². The van der Waals surface area contributed by atoms with E-state index in [1.165, 1.54) is 13.3 Å². The van der Waals surface area contributed by atoms with Crippen LogP contribution < -0.4 is 9.47 Å². The summed E-state index contributed by atoms with van der Waals surface area (Å²) in [4.78, 5) is 15.1. The molecule has 0 bridgehead atoms. The first-order valence-electron chi connectivity index (χ1n) is 5.57. The third-order valence-electron chi connectivity index (χ3n) is 2.75. The largest absolute Gasteiger partial charge is 0.497 e. The smallest absolute Gasteiger partial charge is 0.337 e. The summed E-state index contributed by atoms with van der Waals surface area (Å²) in [6.45, 7) is 0. The molecule has 1 heterocycles. The Hall–Kier alpha value is -2.56. The molecule has 2 rings (SSSR count). The highest BCUT2D eigenvalue weighted by molar-refractivity contribution is 5.96. The number of aromatic carboxylic acids is 1. The molecule has 98 valence electrons. The maximum Gasteiger partial charge on any atom is 0.337 e. The first kappa shape index (κ1) is 12.9. The third kappa shape index (κ3) is 2.49. The zero-order chi connectivity index (χ0) is 13.8. The Bertz CT molecular complexity index is 610. The van der Waals surface area contributed by atoms with Crippen LogP contribution in [0.1, 0.15) is 10.4 Å². The van der Waals surface area contributed by atoms with Crippen molar-refractivity contribution in [3.05, 3.63) is 42.2 Å². The topological polar surface area (TPSA) is 68.7 Å². The number of hydrogen-bond acceptors (Lipinski definition) is 4. The van der Waals surface area contributed by atoms with Crippen LogP contribution in [0.3, 0.4) is 0 Å². The van der Waals surface area contributed by atoms with Gasteiger partial charge in [0.2, 0.25) is 0 Å². The van der Waals surface area contributed by atoms with Crippen LogP contribution in [0.5, 0.6) is 11.5 Å². The summed E-state index contributed by atoms with van der Waals surface area (Å²) in [5.74, 6) is 0.173. The molecule has 0 aliphatic carbocycles. The molecule has 19 heavy (non-hydrogen) atoms. The molecule has 5 nitrogen and oxygen atoms in total. The van der Waals surface area contributed by atoms with E-state index in [0.717, 1.165) is 0 Å². The average Bonchev–Trinajstić information content (AvgIpc) is 2.46. The van der Waals surface area contributed by atoms with Gasteiger partial charge in [0.15, 0.2) is 0 Å². The summed E-state index contributed by atoms with van der Waals surface area (Å²) in [5.41, 5.74) is 1.31. The number of aromatic nitrogens is 1. The lowest BCUT2D eigenvalue weighted by Crippen LogP contribution is -2.01. The molecule has 1 aromatic carbocycles. The molecule has 1 N–H and O–H groups in total. The number of benzene rings is 1. The van der Waals surface area contributed by atoms with Gasteiger partial charge in [0.1, 0.15) is 11.5 Å². The van der Waals surface area contributed by atoms with Crippen LogP contribution in [0.15, 0.2) is 36.7 Å². The predicted octanol–water partition coefficient (Wildman–Crippen LogP) is 2.46. The van der Waals surface area contributed by atoms with Gasteiger partial charge in [-0.3, -0.25) is 4.98 Å². The third-order valence-corrected chi connectivity index (χ3v) is 2.75. The van der Waals surface area contributed by atoms with Crippen LogP contribution in [0.4, 0.5) is 0 Å². The van der Waals surface area contributed by atoms with E-state index in [-0.39, 0.29) is 5.56 Å². The fraction of sp³-hybridized carbons (Fsp3) is 0.143. The normalized spacial score (nSPS) is 10.0. The van der Waals surface area contributed by atoms with Crippen molar-refractivity contribution in [2.24, 2.45) is 0 Å². The van der Waals surface area contributed by atoms with E-state index in [1.54, 1.807) is 37.6 Å². The zero-order valence-electron chi connectivity index (χ0n) is 10.6. The fourth-order valence-electron chi connectivity index (χ4n) is 1.82. The van der Waals surface area contributed by atoms with Gasteiger partial charge in [0, 0.05) is 23.5 Å². The average molecular weight is 259 g/mol. The van der Waals surface area contributed by atoms with Crippen molar-refractivity contribution in [1.82, 2.24) is 4.98 Å². The Balaban J connectivity index is 2.66. The lowest BCUT2D eigenvalue weighted by Gasteiger charge is -2.12. The number of carbonyl (C=O) groups is 1. The molecular formula is C14H13NO4. The van der Waals surface area contributed by atoms with Gasteiger partial charge < -0.3 is 14.6 Å². The second-order valence-corrected chi connectivity index (χ2v) is 3.79. The maximum absolute atomic E-state index is 11.2. The number of rotatable bonds is 4. The number of carboxylic acid groups (broad SMARTS) is 1. The summed E-state index contributed by atoms with van der Waals surface area (Å²) in [5, 5.41) is 9.20.